The second-order valence-corrected chi connectivity index (χ2v) is 5.81. The van der Waals surface area contributed by atoms with Gasteiger partial charge in [-0.05, 0) is 57.4 Å². The molecule has 0 aliphatic carbocycles. The molecule has 1 aromatic carbocycles. The SMILES string of the molecule is CCNC(=O)NC(=O)[C@@H](C)Nc1ccc(N2CCCCC2)cc1. The van der Waals surface area contributed by atoms with E-state index in [1.807, 2.05) is 12.1 Å². The van der Waals surface area contributed by atoms with Crippen molar-refractivity contribution in [1.82, 2.24) is 10.6 Å². The lowest BCUT2D eigenvalue weighted by atomic mass is 10.1. The summed E-state index contributed by atoms with van der Waals surface area (Å²) in [4.78, 5) is 25.6. The largest absolute Gasteiger partial charge is 0.374 e. The van der Waals surface area contributed by atoms with E-state index >= 15 is 0 Å². The van der Waals surface area contributed by atoms with Crippen molar-refractivity contribution >= 4 is 23.3 Å². The number of piperidine rings is 1. The van der Waals surface area contributed by atoms with Gasteiger partial charge in [-0.3, -0.25) is 10.1 Å². The number of anilines is 2. The summed E-state index contributed by atoms with van der Waals surface area (Å²) in [6, 6.07) is 7.13. The van der Waals surface area contributed by atoms with E-state index in [9.17, 15) is 9.59 Å². The fourth-order valence-corrected chi connectivity index (χ4v) is 2.66. The van der Waals surface area contributed by atoms with Gasteiger partial charge in [-0.1, -0.05) is 0 Å². The number of rotatable bonds is 5. The summed E-state index contributed by atoms with van der Waals surface area (Å²) < 4.78 is 0. The molecule has 0 spiro atoms. The molecular weight excluding hydrogens is 292 g/mol. The molecule has 126 valence electrons. The van der Waals surface area contributed by atoms with Gasteiger partial charge in [0.15, 0.2) is 0 Å². The van der Waals surface area contributed by atoms with Crippen molar-refractivity contribution in [1.29, 1.82) is 0 Å². The van der Waals surface area contributed by atoms with E-state index < -0.39 is 12.1 Å². The van der Waals surface area contributed by atoms with Crippen LogP contribution in [0.2, 0.25) is 0 Å². The maximum atomic E-state index is 11.9. The Morgan fingerprint density at radius 3 is 2.39 bits per heavy atom. The van der Waals surface area contributed by atoms with Gasteiger partial charge in [0.25, 0.3) is 0 Å². The number of nitrogens with zero attached hydrogens (tertiary/aromatic N) is 1. The van der Waals surface area contributed by atoms with Gasteiger partial charge in [0.1, 0.15) is 6.04 Å². The first kappa shape index (κ1) is 17.1. The van der Waals surface area contributed by atoms with Gasteiger partial charge in [-0.2, -0.15) is 0 Å². The third-order valence-electron chi connectivity index (χ3n) is 3.94. The summed E-state index contributed by atoms with van der Waals surface area (Å²) in [7, 11) is 0. The maximum absolute atomic E-state index is 11.9. The van der Waals surface area contributed by atoms with Crippen LogP contribution in [0.15, 0.2) is 24.3 Å². The predicted octanol–water partition coefficient (Wildman–Crippen LogP) is 2.32. The van der Waals surface area contributed by atoms with Crippen LogP contribution in [0, 0.1) is 0 Å². The van der Waals surface area contributed by atoms with Gasteiger partial charge in [-0.15, -0.1) is 0 Å². The predicted molar refractivity (Wildman–Crippen MR) is 92.8 cm³/mol. The minimum Gasteiger partial charge on any atom is -0.374 e. The lowest BCUT2D eigenvalue weighted by Gasteiger charge is -2.29. The smallest absolute Gasteiger partial charge is 0.321 e. The van der Waals surface area contributed by atoms with E-state index in [-0.39, 0.29) is 5.91 Å². The normalized spacial score (nSPS) is 15.7. The van der Waals surface area contributed by atoms with Crippen molar-refractivity contribution in [2.45, 2.75) is 39.2 Å². The van der Waals surface area contributed by atoms with Crippen molar-refractivity contribution in [2.24, 2.45) is 0 Å². The molecule has 1 fully saturated rings. The first-order valence-electron chi connectivity index (χ1n) is 8.30. The average molecular weight is 318 g/mol. The molecule has 1 heterocycles. The number of urea groups is 1. The number of hydrogen-bond acceptors (Lipinski definition) is 4. The highest BCUT2D eigenvalue weighted by atomic mass is 16.2. The summed E-state index contributed by atoms with van der Waals surface area (Å²) in [6.07, 6.45) is 3.81. The molecule has 0 saturated carbocycles. The number of carbonyl (C=O) groups excluding carboxylic acids is 2. The number of hydrogen-bond donors (Lipinski definition) is 3. The first-order chi connectivity index (χ1) is 11.1. The van der Waals surface area contributed by atoms with E-state index in [0.29, 0.717) is 6.54 Å². The summed E-state index contributed by atoms with van der Waals surface area (Å²) >= 11 is 0. The average Bonchev–Trinajstić information content (AvgIpc) is 2.56. The van der Waals surface area contributed by atoms with Crippen LogP contribution in [0.4, 0.5) is 16.2 Å². The second kappa shape index (κ2) is 8.41. The Kier molecular flexibility index (Phi) is 6.26. The highest BCUT2D eigenvalue weighted by Crippen LogP contribution is 2.22. The second-order valence-electron chi connectivity index (χ2n) is 5.81. The van der Waals surface area contributed by atoms with Gasteiger partial charge in [-0.25, -0.2) is 4.79 Å². The molecule has 6 heteroatoms. The quantitative estimate of drug-likeness (QED) is 0.779. The van der Waals surface area contributed by atoms with Crippen LogP contribution < -0.4 is 20.9 Å². The lowest BCUT2D eigenvalue weighted by Crippen LogP contribution is -2.45. The molecule has 3 amide bonds. The van der Waals surface area contributed by atoms with Crippen LogP contribution in [-0.2, 0) is 4.79 Å². The Hall–Kier alpha value is -2.24. The monoisotopic (exact) mass is 318 g/mol. The van der Waals surface area contributed by atoms with Gasteiger partial charge in [0.05, 0.1) is 0 Å². The minimum atomic E-state index is -0.488. The van der Waals surface area contributed by atoms with E-state index in [4.69, 9.17) is 0 Å². The molecule has 0 radical (unpaired) electrons. The molecule has 1 aliphatic rings. The van der Waals surface area contributed by atoms with Crippen LogP contribution >= 0.6 is 0 Å². The van der Waals surface area contributed by atoms with Crippen molar-refractivity contribution in [3.8, 4) is 0 Å². The van der Waals surface area contributed by atoms with E-state index in [0.717, 1.165) is 18.8 Å². The van der Waals surface area contributed by atoms with Crippen LogP contribution in [0.3, 0.4) is 0 Å². The molecule has 0 bridgehead atoms. The Labute approximate surface area is 137 Å². The number of benzene rings is 1. The van der Waals surface area contributed by atoms with Crippen molar-refractivity contribution in [2.75, 3.05) is 29.9 Å². The molecule has 1 atom stereocenters. The standard InChI is InChI=1S/C17H26N4O2/c1-3-18-17(23)20-16(22)13(2)19-14-7-9-15(10-8-14)21-11-5-4-6-12-21/h7-10,13,19H,3-6,11-12H2,1-2H3,(H2,18,20,22,23)/t13-/m1/s1. The van der Waals surface area contributed by atoms with Crippen molar-refractivity contribution in [3.63, 3.8) is 0 Å². The summed E-state index contributed by atoms with van der Waals surface area (Å²) in [5.74, 6) is -0.351. The molecule has 1 aromatic rings. The molecular formula is C17H26N4O2. The lowest BCUT2D eigenvalue weighted by molar-refractivity contribution is -0.120. The molecule has 6 nitrogen and oxygen atoms in total. The van der Waals surface area contributed by atoms with Crippen LogP contribution in [-0.4, -0.2) is 37.6 Å². The number of imide groups is 1. The summed E-state index contributed by atoms with van der Waals surface area (Å²) in [6.45, 7) is 6.23. The molecule has 23 heavy (non-hydrogen) atoms. The fourth-order valence-electron chi connectivity index (χ4n) is 2.66. The van der Waals surface area contributed by atoms with E-state index in [1.54, 1.807) is 13.8 Å². The zero-order valence-corrected chi connectivity index (χ0v) is 13.9. The minimum absolute atomic E-state index is 0.351. The Balaban J connectivity index is 1.87. The molecule has 1 saturated heterocycles. The summed E-state index contributed by atoms with van der Waals surface area (Å²) in [5, 5.41) is 7.95. The summed E-state index contributed by atoms with van der Waals surface area (Å²) in [5.41, 5.74) is 2.08. The third-order valence-corrected chi connectivity index (χ3v) is 3.94. The highest BCUT2D eigenvalue weighted by Gasteiger charge is 2.15. The topological polar surface area (TPSA) is 73.5 Å². The van der Waals surface area contributed by atoms with Crippen LogP contribution in [0.25, 0.3) is 0 Å². The zero-order valence-electron chi connectivity index (χ0n) is 13.9. The van der Waals surface area contributed by atoms with Gasteiger partial charge in [0, 0.05) is 31.0 Å². The Morgan fingerprint density at radius 1 is 1.13 bits per heavy atom. The van der Waals surface area contributed by atoms with E-state index in [1.165, 1.54) is 24.9 Å². The zero-order chi connectivity index (χ0) is 16.7. The number of amides is 3. The van der Waals surface area contributed by atoms with Crippen LogP contribution in [0.5, 0.6) is 0 Å². The van der Waals surface area contributed by atoms with Crippen molar-refractivity contribution < 1.29 is 9.59 Å². The number of nitrogens with one attached hydrogen (secondary N) is 3. The van der Waals surface area contributed by atoms with E-state index in [2.05, 4.69) is 33.0 Å². The molecule has 1 aliphatic heterocycles. The molecule has 0 aromatic heterocycles. The first-order valence-corrected chi connectivity index (χ1v) is 8.30. The maximum Gasteiger partial charge on any atom is 0.321 e. The Morgan fingerprint density at radius 2 is 1.78 bits per heavy atom. The van der Waals surface area contributed by atoms with Gasteiger partial charge in [0.2, 0.25) is 5.91 Å². The molecule has 0 unspecified atom stereocenters. The molecule has 2 rings (SSSR count). The van der Waals surface area contributed by atoms with Gasteiger partial charge >= 0.3 is 6.03 Å². The highest BCUT2D eigenvalue weighted by molar-refractivity contribution is 5.97. The molecule has 3 N–H and O–H groups in total. The van der Waals surface area contributed by atoms with Crippen LogP contribution in [0.1, 0.15) is 33.1 Å². The fraction of sp³-hybridized carbons (Fsp3) is 0.529. The third kappa shape index (κ3) is 5.16. The van der Waals surface area contributed by atoms with Crippen molar-refractivity contribution in [3.05, 3.63) is 24.3 Å². The Bertz CT molecular complexity index is 524. The number of carbonyl (C=O) groups is 2. The van der Waals surface area contributed by atoms with Gasteiger partial charge < -0.3 is 15.5 Å².